The summed E-state index contributed by atoms with van der Waals surface area (Å²) in [5.74, 6) is -0.0484. The molecule has 1 aromatic rings. The third-order valence-corrected chi connectivity index (χ3v) is 3.44. The lowest BCUT2D eigenvalue weighted by Gasteiger charge is -2.34. The highest BCUT2D eigenvalue weighted by Crippen LogP contribution is 2.14. The molecule has 0 spiro atoms. The fraction of sp³-hybridized carbons (Fsp3) is 0.643. The van der Waals surface area contributed by atoms with Crippen LogP contribution in [0.15, 0.2) is 12.3 Å². The van der Waals surface area contributed by atoms with Crippen molar-refractivity contribution in [3.05, 3.63) is 18.0 Å². The van der Waals surface area contributed by atoms with Crippen LogP contribution in [0.2, 0.25) is 0 Å². The number of carbonyl (C=O) groups is 2. The van der Waals surface area contributed by atoms with Crippen LogP contribution < -0.4 is 5.32 Å². The Hall–Kier alpha value is -1.85. The number of aromatic nitrogens is 2. The van der Waals surface area contributed by atoms with Crippen molar-refractivity contribution in [1.29, 1.82) is 0 Å². The first kappa shape index (κ1) is 14.6. The van der Waals surface area contributed by atoms with E-state index in [9.17, 15) is 9.59 Å². The van der Waals surface area contributed by atoms with E-state index in [4.69, 9.17) is 0 Å². The molecular weight excluding hydrogens is 256 g/mol. The van der Waals surface area contributed by atoms with Crippen LogP contribution in [0.25, 0.3) is 0 Å². The van der Waals surface area contributed by atoms with Crippen molar-refractivity contribution >= 4 is 11.8 Å². The molecule has 1 fully saturated rings. The Kier molecular flexibility index (Phi) is 4.11. The van der Waals surface area contributed by atoms with Crippen LogP contribution in [0, 0.1) is 5.92 Å². The van der Waals surface area contributed by atoms with E-state index in [1.807, 2.05) is 44.6 Å². The van der Waals surface area contributed by atoms with E-state index in [1.165, 1.54) is 0 Å². The summed E-state index contributed by atoms with van der Waals surface area (Å²) in [6, 6.07) is 1.75. The summed E-state index contributed by atoms with van der Waals surface area (Å²) in [6.07, 6.45) is 1.90. The normalized spacial score (nSPS) is 19.9. The second-order valence-electron chi connectivity index (χ2n) is 5.86. The molecule has 2 heterocycles. The summed E-state index contributed by atoms with van der Waals surface area (Å²) in [6.45, 7) is 8.45. The Morgan fingerprint density at radius 2 is 2.05 bits per heavy atom. The summed E-state index contributed by atoms with van der Waals surface area (Å²) >= 11 is 0. The molecule has 0 aromatic carbocycles. The summed E-state index contributed by atoms with van der Waals surface area (Å²) in [5.41, 5.74) is 0.809. The molecule has 0 radical (unpaired) electrons. The van der Waals surface area contributed by atoms with Gasteiger partial charge in [-0.1, -0.05) is 13.8 Å². The highest BCUT2D eigenvalue weighted by molar-refractivity contribution is 5.94. The number of nitrogens with zero attached hydrogens (tertiary/aromatic N) is 3. The molecule has 2 rings (SSSR count). The third kappa shape index (κ3) is 3.00. The minimum absolute atomic E-state index is 0.0290. The molecule has 0 bridgehead atoms. The maximum Gasteiger partial charge on any atom is 0.246 e. The zero-order valence-corrected chi connectivity index (χ0v) is 12.5. The predicted octanol–water partition coefficient (Wildman–Crippen LogP) is 0.947. The molecule has 6 nitrogen and oxygen atoms in total. The number of hydrogen-bond acceptors (Lipinski definition) is 3. The first-order chi connectivity index (χ1) is 9.38. The van der Waals surface area contributed by atoms with Gasteiger partial charge >= 0.3 is 0 Å². The number of rotatable bonds is 4. The number of piperazine rings is 1. The quantitative estimate of drug-likeness (QED) is 0.891. The Labute approximate surface area is 119 Å². The molecule has 1 aromatic heterocycles. The van der Waals surface area contributed by atoms with Crippen LogP contribution in [-0.2, 0) is 16.1 Å². The van der Waals surface area contributed by atoms with Crippen LogP contribution in [0.5, 0.6) is 0 Å². The molecule has 2 amide bonds. The monoisotopic (exact) mass is 278 g/mol. The van der Waals surface area contributed by atoms with Gasteiger partial charge in [0.15, 0.2) is 0 Å². The van der Waals surface area contributed by atoms with Crippen molar-refractivity contribution < 1.29 is 9.59 Å². The van der Waals surface area contributed by atoms with Gasteiger partial charge in [-0.15, -0.1) is 0 Å². The molecule has 1 aliphatic heterocycles. The van der Waals surface area contributed by atoms with Gasteiger partial charge < -0.3 is 10.2 Å². The summed E-state index contributed by atoms with van der Waals surface area (Å²) in [4.78, 5) is 25.6. The van der Waals surface area contributed by atoms with Gasteiger partial charge in [-0.25, -0.2) is 0 Å². The molecule has 110 valence electrons. The first-order valence-electron chi connectivity index (χ1n) is 7.00. The molecule has 0 saturated carbocycles. The zero-order valence-electron chi connectivity index (χ0n) is 12.5. The molecule has 6 heteroatoms. The van der Waals surface area contributed by atoms with Gasteiger partial charge in [0.2, 0.25) is 11.8 Å². The fourth-order valence-corrected chi connectivity index (χ4v) is 2.26. The van der Waals surface area contributed by atoms with Gasteiger partial charge in [-0.2, -0.15) is 5.10 Å². The van der Waals surface area contributed by atoms with E-state index in [-0.39, 0.29) is 30.3 Å². The first-order valence-corrected chi connectivity index (χ1v) is 7.00. The van der Waals surface area contributed by atoms with Crippen molar-refractivity contribution in [2.45, 2.75) is 46.3 Å². The van der Waals surface area contributed by atoms with Crippen LogP contribution in [-0.4, -0.2) is 39.1 Å². The summed E-state index contributed by atoms with van der Waals surface area (Å²) in [7, 11) is 0. The van der Waals surface area contributed by atoms with E-state index in [0.29, 0.717) is 6.54 Å². The minimum atomic E-state index is -0.427. The lowest BCUT2D eigenvalue weighted by Crippen LogP contribution is -2.59. The van der Waals surface area contributed by atoms with Gasteiger partial charge in [0.05, 0.1) is 12.2 Å². The lowest BCUT2D eigenvalue weighted by atomic mass is 10.0. The lowest BCUT2D eigenvalue weighted by molar-refractivity contribution is -0.146. The Balaban J connectivity index is 2.10. The number of amides is 2. The fourth-order valence-electron chi connectivity index (χ4n) is 2.26. The number of carbonyl (C=O) groups excluding carboxylic acids is 2. The predicted molar refractivity (Wildman–Crippen MR) is 74.8 cm³/mol. The Bertz CT molecular complexity index is 507. The Morgan fingerprint density at radius 3 is 2.60 bits per heavy atom. The number of nitrogens with one attached hydrogen (secondary N) is 1. The molecule has 1 saturated heterocycles. The SMILES string of the molecule is CC(C)C1NC(=O)CN(Cc2ccn(C(C)C)n2)C1=O. The highest BCUT2D eigenvalue weighted by atomic mass is 16.2. The van der Waals surface area contributed by atoms with E-state index in [0.717, 1.165) is 5.69 Å². The van der Waals surface area contributed by atoms with Crippen LogP contribution >= 0.6 is 0 Å². The third-order valence-electron chi connectivity index (χ3n) is 3.44. The van der Waals surface area contributed by atoms with Crippen molar-refractivity contribution in [1.82, 2.24) is 20.0 Å². The summed E-state index contributed by atoms with van der Waals surface area (Å²) < 4.78 is 1.85. The molecule has 1 atom stereocenters. The number of hydrogen-bond donors (Lipinski definition) is 1. The molecular formula is C14H22N4O2. The molecule has 20 heavy (non-hydrogen) atoms. The van der Waals surface area contributed by atoms with E-state index in [2.05, 4.69) is 10.4 Å². The highest BCUT2D eigenvalue weighted by Gasteiger charge is 2.34. The van der Waals surface area contributed by atoms with Gasteiger partial charge in [-0.05, 0) is 25.8 Å². The second-order valence-corrected chi connectivity index (χ2v) is 5.86. The van der Waals surface area contributed by atoms with Gasteiger partial charge in [0.25, 0.3) is 0 Å². The molecule has 0 aliphatic carbocycles. The van der Waals surface area contributed by atoms with Gasteiger partial charge in [0.1, 0.15) is 12.6 Å². The van der Waals surface area contributed by atoms with Gasteiger partial charge in [0, 0.05) is 12.2 Å². The van der Waals surface area contributed by atoms with Crippen LogP contribution in [0.4, 0.5) is 0 Å². The molecule has 1 unspecified atom stereocenters. The largest absolute Gasteiger partial charge is 0.343 e. The van der Waals surface area contributed by atoms with Crippen molar-refractivity contribution in [2.24, 2.45) is 5.92 Å². The van der Waals surface area contributed by atoms with Crippen LogP contribution in [0.1, 0.15) is 39.4 Å². The maximum absolute atomic E-state index is 12.3. The van der Waals surface area contributed by atoms with E-state index >= 15 is 0 Å². The van der Waals surface area contributed by atoms with Crippen molar-refractivity contribution in [3.63, 3.8) is 0 Å². The van der Waals surface area contributed by atoms with Crippen molar-refractivity contribution in [2.75, 3.05) is 6.54 Å². The van der Waals surface area contributed by atoms with Crippen molar-refractivity contribution in [3.8, 4) is 0 Å². The topological polar surface area (TPSA) is 67.2 Å². The maximum atomic E-state index is 12.3. The molecule has 1 N–H and O–H groups in total. The zero-order chi connectivity index (χ0) is 14.9. The standard InChI is InChI=1S/C14H22N4O2/c1-9(2)13-14(20)17(8-12(19)15-13)7-11-5-6-18(16-11)10(3)4/h5-6,9-10,13H,7-8H2,1-4H3,(H,15,19). The molecule has 1 aliphatic rings. The summed E-state index contributed by atoms with van der Waals surface area (Å²) in [5, 5.41) is 7.17. The van der Waals surface area contributed by atoms with E-state index in [1.54, 1.807) is 4.90 Å². The average Bonchev–Trinajstić information content (AvgIpc) is 2.81. The smallest absolute Gasteiger partial charge is 0.246 e. The Morgan fingerprint density at radius 1 is 1.35 bits per heavy atom. The van der Waals surface area contributed by atoms with Gasteiger partial charge in [-0.3, -0.25) is 14.3 Å². The average molecular weight is 278 g/mol. The second kappa shape index (κ2) is 5.64. The van der Waals surface area contributed by atoms with E-state index < -0.39 is 6.04 Å². The minimum Gasteiger partial charge on any atom is -0.343 e. The van der Waals surface area contributed by atoms with Crippen LogP contribution in [0.3, 0.4) is 0 Å².